The Hall–Kier alpha value is -3.04. The molecular formula is C15H12N4O2. The fourth-order valence-corrected chi connectivity index (χ4v) is 2.30. The van der Waals surface area contributed by atoms with E-state index in [2.05, 4.69) is 11.5 Å². The van der Waals surface area contributed by atoms with E-state index in [1.165, 1.54) is 6.26 Å². The molecule has 0 spiro atoms. The summed E-state index contributed by atoms with van der Waals surface area (Å²) in [4.78, 5) is 11.6. The first-order valence-electron chi connectivity index (χ1n) is 6.29. The average Bonchev–Trinajstić information content (AvgIpc) is 3.14. The predicted molar refractivity (Wildman–Crippen MR) is 76.1 cm³/mol. The van der Waals surface area contributed by atoms with Crippen LogP contribution in [0.2, 0.25) is 0 Å². The summed E-state index contributed by atoms with van der Waals surface area (Å²) in [6.07, 6.45) is 3.36. The third kappa shape index (κ3) is 2.26. The number of carbonyl (C=O) groups excluding carboxylic acids is 1. The summed E-state index contributed by atoms with van der Waals surface area (Å²) in [5, 5.41) is 10.0. The highest BCUT2D eigenvalue weighted by atomic mass is 16.3. The molecule has 2 aromatic heterocycles. The first-order chi connectivity index (χ1) is 10.2. The molecule has 0 aliphatic rings. The van der Waals surface area contributed by atoms with Crippen molar-refractivity contribution in [2.45, 2.75) is 6.54 Å². The van der Waals surface area contributed by atoms with Gasteiger partial charge < -0.3 is 8.98 Å². The van der Waals surface area contributed by atoms with Crippen molar-refractivity contribution in [3.63, 3.8) is 0 Å². The Balaban J connectivity index is 2.01. The lowest BCUT2D eigenvalue weighted by Gasteiger charge is -2.06. The Labute approximate surface area is 120 Å². The average molecular weight is 280 g/mol. The van der Waals surface area contributed by atoms with Crippen molar-refractivity contribution in [3.05, 3.63) is 59.7 Å². The molecule has 21 heavy (non-hydrogen) atoms. The summed E-state index contributed by atoms with van der Waals surface area (Å²) in [6.45, 7) is 0.456. The maximum Gasteiger partial charge on any atom is 0.301 e. The number of nitrogens with zero attached hydrogens (tertiary/aromatic N) is 2. The SMILES string of the molecule is N#Cc1ccc2ccn(Cc3ccoc3C(=O)NN)c2c1. The lowest BCUT2D eigenvalue weighted by Crippen LogP contribution is -2.30. The van der Waals surface area contributed by atoms with Crippen LogP contribution >= 0.6 is 0 Å². The second kappa shape index (κ2) is 5.15. The van der Waals surface area contributed by atoms with Crippen LogP contribution in [-0.4, -0.2) is 10.5 Å². The summed E-state index contributed by atoms with van der Waals surface area (Å²) in [7, 11) is 0. The third-order valence-electron chi connectivity index (χ3n) is 3.33. The van der Waals surface area contributed by atoms with Gasteiger partial charge in [0.15, 0.2) is 5.76 Å². The molecular weight excluding hydrogens is 268 g/mol. The monoisotopic (exact) mass is 280 g/mol. The van der Waals surface area contributed by atoms with E-state index < -0.39 is 5.91 Å². The van der Waals surface area contributed by atoms with Crippen molar-refractivity contribution in [1.29, 1.82) is 5.26 Å². The Bertz CT molecular complexity index is 854. The molecule has 1 amide bonds. The van der Waals surface area contributed by atoms with Crippen molar-refractivity contribution in [2.75, 3.05) is 0 Å². The number of nitriles is 1. The number of hydrogen-bond donors (Lipinski definition) is 2. The maximum atomic E-state index is 11.6. The smallest absolute Gasteiger partial charge is 0.301 e. The van der Waals surface area contributed by atoms with Crippen molar-refractivity contribution in [2.24, 2.45) is 5.84 Å². The van der Waals surface area contributed by atoms with Gasteiger partial charge >= 0.3 is 5.91 Å². The van der Waals surface area contributed by atoms with Gasteiger partial charge in [0.25, 0.3) is 0 Å². The molecule has 3 N–H and O–H groups in total. The maximum absolute atomic E-state index is 11.6. The Morgan fingerprint density at radius 2 is 2.24 bits per heavy atom. The fourth-order valence-electron chi connectivity index (χ4n) is 2.30. The quantitative estimate of drug-likeness (QED) is 0.434. The minimum atomic E-state index is -0.468. The number of benzene rings is 1. The van der Waals surface area contributed by atoms with E-state index in [0.29, 0.717) is 12.1 Å². The number of hydrazine groups is 1. The van der Waals surface area contributed by atoms with Crippen LogP contribution in [0.3, 0.4) is 0 Å². The predicted octanol–water partition coefficient (Wildman–Crippen LogP) is 1.76. The molecule has 3 aromatic rings. The number of rotatable bonds is 3. The van der Waals surface area contributed by atoms with Crippen molar-refractivity contribution in [1.82, 2.24) is 9.99 Å². The summed E-state index contributed by atoms with van der Waals surface area (Å²) >= 11 is 0. The number of aromatic nitrogens is 1. The van der Waals surface area contributed by atoms with Crippen LogP contribution in [0.5, 0.6) is 0 Å². The molecule has 3 rings (SSSR count). The standard InChI is InChI=1S/C15H12N4O2/c16-8-10-1-2-11-3-5-19(13(11)7-10)9-12-4-6-21-14(12)15(20)18-17/h1-7H,9,17H2,(H,18,20). The van der Waals surface area contributed by atoms with E-state index in [1.54, 1.807) is 12.1 Å². The summed E-state index contributed by atoms with van der Waals surface area (Å²) < 4.78 is 7.12. The first kappa shape index (κ1) is 13.0. The highest BCUT2D eigenvalue weighted by molar-refractivity contribution is 5.92. The lowest BCUT2D eigenvalue weighted by atomic mass is 10.2. The van der Waals surface area contributed by atoms with Gasteiger partial charge in [-0.1, -0.05) is 6.07 Å². The molecule has 0 fully saturated rings. The summed E-state index contributed by atoms with van der Waals surface area (Å²) in [5.74, 6) is 4.85. The largest absolute Gasteiger partial charge is 0.459 e. The molecule has 0 aliphatic carbocycles. The van der Waals surface area contributed by atoms with Crippen LogP contribution in [0.25, 0.3) is 10.9 Å². The van der Waals surface area contributed by atoms with E-state index in [1.807, 2.05) is 29.0 Å². The zero-order valence-corrected chi connectivity index (χ0v) is 11.0. The summed E-state index contributed by atoms with van der Waals surface area (Å²) in [5.41, 5.74) is 4.30. The number of hydrogen-bond acceptors (Lipinski definition) is 4. The molecule has 0 aliphatic heterocycles. The summed E-state index contributed by atoms with van der Waals surface area (Å²) in [6, 6.07) is 11.3. The first-order valence-corrected chi connectivity index (χ1v) is 6.29. The van der Waals surface area contributed by atoms with Gasteiger partial charge in [0, 0.05) is 17.3 Å². The highest BCUT2D eigenvalue weighted by Crippen LogP contribution is 2.20. The van der Waals surface area contributed by atoms with Gasteiger partial charge in [0.2, 0.25) is 0 Å². The van der Waals surface area contributed by atoms with Crippen LogP contribution in [0, 0.1) is 11.3 Å². The Kier molecular flexibility index (Phi) is 3.18. The molecule has 0 bridgehead atoms. The Morgan fingerprint density at radius 3 is 3.00 bits per heavy atom. The molecule has 6 nitrogen and oxygen atoms in total. The molecule has 0 unspecified atom stereocenters. The van der Waals surface area contributed by atoms with E-state index >= 15 is 0 Å². The molecule has 0 saturated heterocycles. The zero-order valence-electron chi connectivity index (χ0n) is 11.0. The fraction of sp³-hybridized carbons (Fsp3) is 0.0667. The normalized spacial score (nSPS) is 10.5. The van der Waals surface area contributed by atoms with Gasteiger partial charge in [0.05, 0.1) is 24.4 Å². The topological polar surface area (TPSA) is 97.0 Å². The molecule has 104 valence electrons. The van der Waals surface area contributed by atoms with Crippen molar-refractivity contribution in [3.8, 4) is 6.07 Å². The van der Waals surface area contributed by atoms with E-state index in [0.717, 1.165) is 16.5 Å². The second-order valence-electron chi connectivity index (χ2n) is 4.58. The number of fused-ring (bicyclic) bond motifs is 1. The van der Waals surface area contributed by atoms with Gasteiger partial charge in [0.1, 0.15) is 0 Å². The van der Waals surface area contributed by atoms with Crippen molar-refractivity contribution < 1.29 is 9.21 Å². The lowest BCUT2D eigenvalue weighted by molar-refractivity contribution is 0.0924. The number of amides is 1. The van der Waals surface area contributed by atoms with Gasteiger partial charge in [-0.3, -0.25) is 10.2 Å². The van der Waals surface area contributed by atoms with Crippen molar-refractivity contribution >= 4 is 16.8 Å². The zero-order chi connectivity index (χ0) is 14.8. The van der Waals surface area contributed by atoms with E-state index in [4.69, 9.17) is 15.5 Å². The highest BCUT2D eigenvalue weighted by Gasteiger charge is 2.15. The minimum absolute atomic E-state index is 0.191. The number of nitrogens with two attached hydrogens (primary N) is 1. The molecule has 6 heteroatoms. The van der Waals surface area contributed by atoms with E-state index in [9.17, 15) is 4.79 Å². The molecule has 0 saturated carbocycles. The van der Waals surface area contributed by atoms with Gasteiger partial charge in [-0.25, -0.2) is 5.84 Å². The Morgan fingerprint density at radius 1 is 1.38 bits per heavy atom. The third-order valence-corrected chi connectivity index (χ3v) is 3.33. The second-order valence-corrected chi connectivity index (χ2v) is 4.58. The number of furan rings is 1. The molecule has 0 atom stereocenters. The number of nitrogens with one attached hydrogen (secondary N) is 1. The van der Waals surface area contributed by atoms with Gasteiger partial charge in [-0.2, -0.15) is 5.26 Å². The van der Waals surface area contributed by atoms with E-state index in [-0.39, 0.29) is 5.76 Å². The molecule has 2 heterocycles. The van der Waals surface area contributed by atoms with Gasteiger partial charge in [-0.05, 0) is 29.7 Å². The number of nitrogen functional groups attached to an aromatic ring is 1. The van der Waals surface area contributed by atoms with Crippen LogP contribution < -0.4 is 11.3 Å². The minimum Gasteiger partial charge on any atom is -0.459 e. The van der Waals surface area contributed by atoms with Crippen LogP contribution in [0.4, 0.5) is 0 Å². The van der Waals surface area contributed by atoms with Gasteiger partial charge in [-0.15, -0.1) is 0 Å². The number of carbonyl (C=O) groups is 1. The van der Waals surface area contributed by atoms with Crippen LogP contribution in [0.15, 0.2) is 47.2 Å². The molecule has 1 aromatic carbocycles. The van der Waals surface area contributed by atoms with Crippen LogP contribution in [-0.2, 0) is 6.54 Å². The molecule has 0 radical (unpaired) electrons. The van der Waals surface area contributed by atoms with Crippen LogP contribution in [0.1, 0.15) is 21.7 Å².